The third-order valence-electron chi connectivity index (χ3n) is 9.09. The lowest BCUT2D eigenvalue weighted by Crippen LogP contribution is -2.72. The van der Waals surface area contributed by atoms with Gasteiger partial charge in [0, 0.05) is 68.0 Å². The lowest BCUT2D eigenvalue weighted by Gasteiger charge is -2.64. The predicted octanol–water partition coefficient (Wildman–Crippen LogP) is 1.18. The zero-order chi connectivity index (χ0) is 21.7. The summed E-state index contributed by atoms with van der Waals surface area (Å²) < 4.78 is 23.3. The molecule has 174 valence electrons. The Bertz CT molecular complexity index is 1020. The van der Waals surface area contributed by atoms with Crippen LogP contribution in [0.25, 0.3) is 0 Å². The van der Waals surface area contributed by atoms with E-state index in [0.717, 1.165) is 63.5 Å². The maximum absolute atomic E-state index is 12.9. The highest BCUT2D eigenvalue weighted by Crippen LogP contribution is 2.57. The highest BCUT2D eigenvalue weighted by molar-refractivity contribution is 7.91. The van der Waals surface area contributed by atoms with Crippen molar-refractivity contribution >= 4 is 15.9 Å². The molecule has 10 heteroatoms. The number of nitrogens with zero attached hydrogens (tertiary/aromatic N) is 5. The summed E-state index contributed by atoms with van der Waals surface area (Å²) in [5.74, 6) is 3.73. The summed E-state index contributed by atoms with van der Waals surface area (Å²) in [7, 11) is -2.81. The molecule has 6 aliphatic rings. The molecule has 0 bridgehead atoms. The van der Waals surface area contributed by atoms with Crippen molar-refractivity contribution in [2.75, 3.05) is 50.8 Å². The number of carbonyl (C=O) groups is 1. The van der Waals surface area contributed by atoms with Gasteiger partial charge in [-0.1, -0.05) is 0 Å². The average Bonchev–Trinajstić information content (AvgIpc) is 3.36. The molecule has 3 saturated heterocycles. The molecule has 3 saturated carbocycles. The lowest BCUT2D eigenvalue weighted by atomic mass is 9.57. The Kier molecular flexibility index (Phi) is 3.99. The van der Waals surface area contributed by atoms with Crippen LogP contribution in [0.15, 0.2) is 0 Å². The Labute approximate surface area is 188 Å². The summed E-state index contributed by atoms with van der Waals surface area (Å²) in [4.78, 5) is 24.0. The first-order chi connectivity index (χ1) is 15.3. The standard InChI is InChI=1S/C22H32N6O3S/c29-20(28-13-22(14-28)9-17(10-22)26-3-5-32(30,31)6-4-26)27-11-21(12-27)7-16(8-21)19-23-18(24-25-19)15-1-2-15/h15-17H,1-14H2,(H,23,24,25). The van der Waals surface area contributed by atoms with Crippen LogP contribution >= 0.6 is 0 Å². The van der Waals surface area contributed by atoms with Gasteiger partial charge in [-0.2, -0.15) is 5.10 Å². The highest BCUT2D eigenvalue weighted by Gasteiger charge is 2.59. The second-order valence-electron chi connectivity index (χ2n) is 11.7. The summed E-state index contributed by atoms with van der Waals surface area (Å²) >= 11 is 0. The fourth-order valence-corrected chi connectivity index (χ4v) is 8.21. The number of urea groups is 1. The minimum Gasteiger partial charge on any atom is -0.323 e. The molecule has 1 aromatic heterocycles. The molecule has 3 aliphatic carbocycles. The molecular formula is C22H32N6O3S. The topological polar surface area (TPSA) is 102 Å². The monoisotopic (exact) mass is 460 g/mol. The SMILES string of the molecule is O=C(N1CC2(CC(c3n[nH]c(C4CC4)n3)C2)C1)N1CC2(CC(N3CCS(=O)(=O)CC3)C2)C1. The van der Waals surface area contributed by atoms with Crippen molar-refractivity contribution < 1.29 is 13.2 Å². The molecule has 9 nitrogen and oxygen atoms in total. The van der Waals surface area contributed by atoms with E-state index in [-0.39, 0.29) is 6.03 Å². The lowest BCUT2D eigenvalue weighted by molar-refractivity contribution is -0.109. The second kappa shape index (κ2) is 6.46. The number of hydrogen-bond donors (Lipinski definition) is 1. The number of sulfone groups is 1. The van der Waals surface area contributed by atoms with Gasteiger partial charge in [-0.15, -0.1) is 0 Å². The normalized spacial score (nSPS) is 31.1. The summed E-state index contributed by atoms with van der Waals surface area (Å²) in [5.41, 5.74) is 0.602. The Morgan fingerprint density at radius 1 is 0.906 bits per heavy atom. The number of nitrogens with one attached hydrogen (secondary N) is 1. The third-order valence-corrected chi connectivity index (χ3v) is 10.7. The number of H-pyrrole nitrogens is 1. The van der Waals surface area contributed by atoms with Crippen molar-refractivity contribution in [3.05, 3.63) is 11.6 Å². The van der Waals surface area contributed by atoms with Gasteiger partial charge in [-0.05, 0) is 38.5 Å². The van der Waals surface area contributed by atoms with E-state index in [9.17, 15) is 13.2 Å². The fraction of sp³-hybridized carbons (Fsp3) is 0.864. The first kappa shape index (κ1) is 19.8. The van der Waals surface area contributed by atoms with Crippen molar-refractivity contribution in [3.8, 4) is 0 Å². The van der Waals surface area contributed by atoms with Crippen molar-refractivity contribution in [2.45, 2.75) is 56.4 Å². The third kappa shape index (κ3) is 3.12. The average molecular weight is 461 g/mol. The van der Waals surface area contributed by atoms with Gasteiger partial charge in [0.2, 0.25) is 0 Å². The number of aromatic amines is 1. The van der Waals surface area contributed by atoms with Gasteiger partial charge in [0.1, 0.15) is 5.82 Å². The smallest absolute Gasteiger partial charge is 0.320 e. The first-order valence-corrected chi connectivity index (χ1v) is 14.0. The Hall–Kier alpha value is -1.68. The molecule has 0 unspecified atom stereocenters. The molecule has 6 fully saturated rings. The van der Waals surface area contributed by atoms with Gasteiger partial charge >= 0.3 is 6.03 Å². The maximum Gasteiger partial charge on any atom is 0.320 e. The van der Waals surface area contributed by atoms with Gasteiger partial charge in [-0.3, -0.25) is 10.00 Å². The quantitative estimate of drug-likeness (QED) is 0.727. The molecule has 1 N–H and O–H groups in total. The summed E-state index contributed by atoms with van der Waals surface area (Å²) in [5, 5.41) is 7.57. The number of aromatic nitrogens is 3. The van der Waals surface area contributed by atoms with Gasteiger partial charge < -0.3 is 9.80 Å². The molecule has 0 radical (unpaired) electrons. The van der Waals surface area contributed by atoms with Crippen LogP contribution in [0.5, 0.6) is 0 Å². The van der Waals surface area contributed by atoms with E-state index in [2.05, 4.69) is 15.1 Å². The molecule has 2 amide bonds. The molecule has 2 spiro atoms. The van der Waals surface area contributed by atoms with Crippen LogP contribution in [0.3, 0.4) is 0 Å². The number of amides is 2. The minimum atomic E-state index is -2.81. The van der Waals surface area contributed by atoms with E-state index in [1.54, 1.807) is 0 Å². The number of carbonyl (C=O) groups excluding carboxylic acids is 1. The van der Waals surface area contributed by atoms with E-state index in [0.29, 0.717) is 53.3 Å². The van der Waals surface area contributed by atoms with Crippen LogP contribution in [0.1, 0.15) is 62.0 Å². The van der Waals surface area contributed by atoms with Gasteiger partial charge in [0.25, 0.3) is 0 Å². The van der Waals surface area contributed by atoms with E-state index >= 15 is 0 Å². The molecule has 3 aliphatic heterocycles. The summed E-state index contributed by atoms with van der Waals surface area (Å²) in [6.07, 6.45) is 6.92. The summed E-state index contributed by atoms with van der Waals surface area (Å²) in [6.45, 7) is 4.88. The molecule has 32 heavy (non-hydrogen) atoms. The second-order valence-corrected chi connectivity index (χ2v) is 14.0. The number of hydrogen-bond acceptors (Lipinski definition) is 6. The van der Waals surface area contributed by atoms with Crippen molar-refractivity contribution in [1.82, 2.24) is 29.9 Å². The molecular weight excluding hydrogens is 428 g/mol. The van der Waals surface area contributed by atoms with Crippen LogP contribution in [0, 0.1) is 10.8 Å². The minimum absolute atomic E-state index is 0.214. The largest absolute Gasteiger partial charge is 0.323 e. The van der Waals surface area contributed by atoms with E-state index in [1.807, 2.05) is 9.80 Å². The fourth-order valence-electron chi connectivity index (χ4n) is 6.98. The van der Waals surface area contributed by atoms with Crippen LogP contribution in [0.4, 0.5) is 4.79 Å². The molecule has 0 atom stereocenters. The van der Waals surface area contributed by atoms with Crippen molar-refractivity contribution in [1.29, 1.82) is 0 Å². The summed E-state index contributed by atoms with van der Waals surface area (Å²) in [6, 6.07) is 0.726. The molecule has 4 heterocycles. The molecule has 1 aromatic rings. The van der Waals surface area contributed by atoms with Crippen LogP contribution in [0.2, 0.25) is 0 Å². The van der Waals surface area contributed by atoms with Crippen LogP contribution in [-0.4, -0.2) is 101 Å². The Morgan fingerprint density at radius 2 is 1.50 bits per heavy atom. The van der Waals surface area contributed by atoms with Gasteiger partial charge in [0.15, 0.2) is 15.7 Å². The maximum atomic E-state index is 12.9. The van der Waals surface area contributed by atoms with Crippen molar-refractivity contribution in [2.24, 2.45) is 10.8 Å². The molecule has 7 rings (SSSR count). The van der Waals surface area contributed by atoms with E-state index in [1.165, 1.54) is 12.8 Å². The van der Waals surface area contributed by atoms with E-state index in [4.69, 9.17) is 4.98 Å². The highest BCUT2D eigenvalue weighted by atomic mass is 32.2. The number of rotatable bonds is 3. The van der Waals surface area contributed by atoms with Crippen LogP contribution < -0.4 is 0 Å². The van der Waals surface area contributed by atoms with Gasteiger partial charge in [0.05, 0.1) is 11.5 Å². The van der Waals surface area contributed by atoms with Gasteiger partial charge in [-0.25, -0.2) is 18.2 Å². The predicted molar refractivity (Wildman–Crippen MR) is 117 cm³/mol. The van der Waals surface area contributed by atoms with Crippen molar-refractivity contribution in [3.63, 3.8) is 0 Å². The zero-order valence-electron chi connectivity index (χ0n) is 18.5. The van der Waals surface area contributed by atoms with Crippen LogP contribution in [-0.2, 0) is 9.84 Å². The molecule has 0 aromatic carbocycles. The Morgan fingerprint density at radius 3 is 2.09 bits per heavy atom. The Balaban J connectivity index is 0.852. The van der Waals surface area contributed by atoms with E-state index < -0.39 is 9.84 Å². The number of likely N-dealkylation sites (tertiary alicyclic amines) is 2. The first-order valence-electron chi connectivity index (χ1n) is 12.2. The zero-order valence-corrected chi connectivity index (χ0v) is 19.3.